The van der Waals surface area contributed by atoms with Gasteiger partial charge in [-0.3, -0.25) is 9.59 Å². The number of carbonyl (C=O) groups is 2. The van der Waals surface area contributed by atoms with Crippen molar-refractivity contribution in [3.8, 4) is 0 Å². The zero-order valence-electron chi connectivity index (χ0n) is 10.1. The van der Waals surface area contributed by atoms with E-state index in [-0.39, 0.29) is 17.9 Å². The molecule has 0 aromatic carbocycles. The van der Waals surface area contributed by atoms with E-state index in [1.54, 1.807) is 0 Å². The molecule has 17 heavy (non-hydrogen) atoms. The highest BCUT2D eigenvalue weighted by molar-refractivity contribution is 5.91. The lowest BCUT2D eigenvalue weighted by Crippen LogP contribution is -2.47. The Hall–Kier alpha value is -1.10. The number of likely N-dealkylation sites (tertiary alicyclic amines) is 1. The van der Waals surface area contributed by atoms with E-state index in [0.29, 0.717) is 30.7 Å². The first-order valence-corrected chi connectivity index (χ1v) is 6.47. The summed E-state index contributed by atoms with van der Waals surface area (Å²) in [5, 5.41) is 6.15. The zero-order chi connectivity index (χ0) is 12.0. The van der Waals surface area contributed by atoms with E-state index in [9.17, 15) is 9.59 Å². The van der Waals surface area contributed by atoms with Gasteiger partial charge >= 0.3 is 0 Å². The molecule has 4 atom stereocenters. The topological polar surface area (TPSA) is 61.4 Å². The maximum Gasteiger partial charge on any atom is 0.245 e. The molecule has 0 saturated carbocycles. The smallest absolute Gasteiger partial charge is 0.245 e. The first-order chi connectivity index (χ1) is 8.16. The lowest BCUT2D eigenvalue weighted by Gasteiger charge is -2.27. The summed E-state index contributed by atoms with van der Waals surface area (Å²) in [6, 6.07) is 0.0386. The first-order valence-electron chi connectivity index (χ1n) is 6.47. The molecular formula is C12H19N3O2. The van der Waals surface area contributed by atoms with Crippen LogP contribution >= 0.6 is 0 Å². The van der Waals surface area contributed by atoms with Gasteiger partial charge in [-0.1, -0.05) is 0 Å². The maximum absolute atomic E-state index is 12.3. The fraction of sp³-hybridized carbons (Fsp3) is 0.833. The second-order valence-corrected chi connectivity index (χ2v) is 5.47. The number of rotatable bonds is 1. The Morgan fingerprint density at radius 1 is 1.41 bits per heavy atom. The van der Waals surface area contributed by atoms with Crippen molar-refractivity contribution >= 4 is 11.8 Å². The van der Waals surface area contributed by atoms with E-state index in [1.165, 1.54) is 0 Å². The van der Waals surface area contributed by atoms with Gasteiger partial charge in [0.2, 0.25) is 11.8 Å². The number of carbonyl (C=O) groups excluding carboxylic acids is 2. The molecule has 2 N–H and O–H groups in total. The van der Waals surface area contributed by atoms with Gasteiger partial charge in [-0.2, -0.15) is 0 Å². The number of nitrogens with one attached hydrogen (secondary N) is 2. The molecule has 2 amide bonds. The van der Waals surface area contributed by atoms with Gasteiger partial charge in [-0.15, -0.1) is 0 Å². The molecule has 3 aliphatic rings. The van der Waals surface area contributed by atoms with Gasteiger partial charge < -0.3 is 15.5 Å². The molecule has 0 spiro atoms. The Bertz CT molecular complexity index is 358. The Balaban J connectivity index is 1.69. The molecule has 3 saturated heterocycles. The summed E-state index contributed by atoms with van der Waals surface area (Å²) in [5.41, 5.74) is 0. The minimum Gasteiger partial charge on any atom is -0.344 e. The van der Waals surface area contributed by atoms with Gasteiger partial charge in [-0.25, -0.2) is 0 Å². The third-order valence-electron chi connectivity index (χ3n) is 4.51. The van der Waals surface area contributed by atoms with Crippen LogP contribution in [0.5, 0.6) is 0 Å². The van der Waals surface area contributed by atoms with Gasteiger partial charge in [0.25, 0.3) is 0 Å². The van der Waals surface area contributed by atoms with Crippen LogP contribution in [0.3, 0.4) is 0 Å². The van der Waals surface area contributed by atoms with Gasteiger partial charge in [0, 0.05) is 32.1 Å². The van der Waals surface area contributed by atoms with Crippen molar-refractivity contribution in [1.82, 2.24) is 15.5 Å². The first kappa shape index (κ1) is 11.0. The second-order valence-electron chi connectivity index (χ2n) is 5.47. The van der Waals surface area contributed by atoms with E-state index < -0.39 is 0 Å². The monoisotopic (exact) mass is 237 g/mol. The average Bonchev–Trinajstić information content (AvgIpc) is 2.96. The molecule has 3 aliphatic heterocycles. The third kappa shape index (κ3) is 1.73. The van der Waals surface area contributed by atoms with Crippen LogP contribution in [0, 0.1) is 11.8 Å². The molecule has 5 nitrogen and oxygen atoms in total. The molecule has 0 aromatic rings. The summed E-state index contributed by atoms with van der Waals surface area (Å²) < 4.78 is 0. The molecule has 0 radical (unpaired) electrons. The van der Waals surface area contributed by atoms with Crippen LogP contribution in [-0.2, 0) is 9.59 Å². The van der Waals surface area contributed by atoms with Crippen molar-refractivity contribution in [2.24, 2.45) is 11.8 Å². The van der Waals surface area contributed by atoms with Gasteiger partial charge in [0.05, 0.1) is 0 Å². The van der Waals surface area contributed by atoms with Crippen LogP contribution in [0.4, 0.5) is 0 Å². The van der Waals surface area contributed by atoms with E-state index in [0.717, 1.165) is 19.6 Å². The van der Waals surface area contributed by atoms with Crippen molar-refractivity contribution in [3.63, 3.8) is 0 Å². The number of fused-ring (bicyclic) bond motifs is 1. The van der Waals surface area contributed by atoms with Gasteiger partial charge in [-0.05, 0) is 25.2 Å². The standard InChI is InChI=1S/C12H19N3O2/c1-7-9-5-13-4-8(9)6-15(7)12(17)10-2-3-11(16)14-10/h7-10,13H,2-6H2,1H3,(H,14,16). The number of nitrogens with zero attached hydrogens (tertiary/aromatic N) is 1. The van der Waals surface area contributed by atoms with E-state index in [4.69, 9.17) is 0 Å². The fourth-order valence-corrected chi connectivity index (χ4v) is 3.46. The molecular weight excluding hydrogens is 218 g/mol. The Kier molecular flexibility index (Phi) is 2.58. The van der Waals surface area contributed by atoms with E-state index in [1.807, 2.05) is 4.90 Å². The lowest BCUT2D eigenvalue weighted by atomic mass is 9.95. The third-order valence-corrected chi connectivity index (χ3v) is 4.51. The normalized spacial score (nSPS) is 40.5. The Morgan fingerprint density at radius 3 is 2.88 bits per heavy atom. The highest BCUT2D eigenvalue weighted by Gasteiger charge is 2.45. The minimum absolute atomic E-state index is 0.0112. The van der Waals surface area contributed by atoms with Crippen LogP contribution in [-0.4, -0.2) is 48.4 Å². The van der Waals surface area contributed by atoms with Crippen molar-refractivity contribution in [3.05, 3.63) is 0 Å². The van der Waals surface area contributed by atoms with Crippen molar-refractivity contribution < 1.29 is 9.59 Å². The summed E-state index contributed by atoms with van der Waals surface area (Å²) in [7, 11) is 0. The minimum atomic E-state index is -0.267. The number of amides is 2. The SMILES string of the molecule is CC1C2CNCC2CN1C(=O)C1CCC(=O)N1. The lowest BCUT2D eigenvalue weighted by molar-refractivity contribution is -0.135. The highest BCUT2D eigenvalue weighted by Crippen LogP contribution is 2.33. The molecule has 4 unspecified atom stereocenters. The average molecular weight is 237 g/mol. The quantitative estimate of drug-likeness (QED) is 0.636. The number of hydrogen-bond donors (Lipinski definition) is 2. The van der Waals surface area contributed by atoms with Crippen LogP contribution in [0.2, 0.25) is 0 Å². The van der Waals surface area contributed by atoms with Crippen molar-refractivity contribution in [1.29, 1.82) is 0 Å². The summed E-state index contributed by atoms with van der Waals surface area (Å²) >= 11 is 0. The molecule has 0 bridgehead atoms. The molecule has 94 valence electrons. The predicted octanol–water partition coefficient (Wildman–Crippen LogP) is -0.669. The maximum atomic E-state index is 12.3. The van der Waals surface area contributed by atoms with Crippen LogP contribution in [0.15, 0.2) is 0 Å². The predicted molar refractivity (Wildman–Crippen MR) is 62.2 cm³/mol. The summed E-state index contributed by atoms with van der Waals surface area (Å²) in [5.74, 6) is 1.33. The summed E-state index contributed by atoms with van der Waals surface area (Å²) in [6.07, 6.45) is 1.15. The largest absolute Gasteiger partial charge is 0.344 e. The van der Waals surface area contributed by atoms with Crippen molar-refractivity contribution in [2.45, 2.75) is 31.8 Å². The molecule has 3 fully saturated rings. The number of hydrogen-bond acceptors (Lipinski definition) is 3. The second kappa shape index (κ2) is 3.98. The van der Waals surface area contributed by atoms with E-state index in [2.05, 4.69) is 17.6 Å². The molecule has 0 aliphatic carbocycles. The van der Waals surface area contributed by atoms with Gasteiger partial charge in [0.1, 0.15) is 6.04 Å². The Labute approximate surface area is 101 Å². The zero-order valence-corrected chi connectivity index (χ0v) is 10.1. The summed E-state index contributed by atoms with van der Waals surface area (Å²) in [6.45, 7) is 5.03. The summed E-state index contributed by atoms with van der Waals surface area (Å²) in [4.78, 5) is 25.5. The van der Waals surface area contributed by atoms with Crippen LogP contribution in [0.1, 0.15) is 19.8 Å². The molecule has 0 aromatic heterocycles. The van der Waals surface area contributed by atoms with E-state index >= 15 is 0 Å². The molecule has 3 rings (SSSR count). The van der Waals surface area contributed by atoms with Crippen LogP contribution < -0.4 is 10.6 Å². The van der Waals surface area contributed by atoms with Gasteiger partial charge in [0.15, 0.2) is 0 Å². The molecule has 5 heteroatoms. The fourth-order valence-electron chi connectivity index (χ4n) is 3.46. The molecule has 3 heterocycles. The Morgan fingerprint density at radius 2 is 2.24 bits per heavy atom. The van der Waals surface area contributed by atoms with Crippen LogP contribution in [0.25, 0.3) is 0 Å². The highest BCUT2D eigenvalue weighted by atomic mass is 16.2. The van der Waals surface area contributed by atoms with Crippen molar-refractivity contribution in [2.75, 3.05) is 19.6 Å².